The Kier molecular flexibility index (Phi) is 6.14. The summed E-state index contributed by atoms with van der Waals surface area (Å²) < 4.78 is 3.64. The summed E-state index contributed by atoms with van der Waals surface area (Å²) in [4.78, 5) is 0. The molecule has 10 heteroatoms. The van der Waals surface area contributed by atoms with Crippen LogP contribution in [-0.2, 0) is 0 Å². The number of hydrogen-bond donors (Lipinski definition) is 0. The van der Waals surface area contributed by atoms with Gasteiger partial charge < -0.3 is 0 Å². The predicted octanol–water partition coefficient (Wildman–Crippen LogP) is 3.76. The van der Waals surface area contributed by atoms with Crippen molar-refractivity contribution < 1.29 is 0 Å². The molecule has 0 amide bonds. The summed E-state index contributed by atoms with van der Waals surface area (Å²) in [6, 6.07) is 12.4. The van der Waals surface area contributed by atoms with E-state index in [1.165, 1.54) is 0 Å². The number of nitrogens with zero attached hydrogens (tertiary/aromatic N) is 8. The second kappa shape index (κ2) is 8.97. The van der Waals surface area contributed by atoms with E-state index in [0.29, 0.717) is 0 Å². The average Bonchev–Trinajstić information content (AvgIpc) is 3.35. The van der Waals surface area contributed by atoms with Crippen LogP contribution >= 0.6 is 23.5 Å². The Morgan fingerprint density at radius 3 is 1.37 bits per heavy atom. The maximum Gasteiger partial charge on any atom is 0.214 e. The predicted molar refractivity (Wildman–Crippen MR) is 119 cm³/mol. The monoisotopic (exact) mass is 438 g/mol. The number of benzene rings is 2. The van der Waals surface area contributed by atoms with Gasteiger partial charge in [0.15, 0.2) is 0 Å². The van der Waals surface area contributed by atoms with Crippen molar-refractivity contribution in [1.82, 2.24) is 40.4 Å². The first-order valence-electron chi connectivity index (χ1n) is 9.52. The number of rotatable bonds is 7. The highest BCUT2D eigenvalue weighted by Gasteiger charge is 2.15. The smallest absolute Gasteiger partial charge is 0.187 e. The fraction of sp³-hybridized carbons (Fsp3) is 0.300. The van der Waals surface area contributed by atoms with Gasteiger partial charge in [-0.05, 0) is 70.8 Å². The molecule has 0 unspecified atom stereocenters. The van der Waals surface area contributed by atoms with Gasteiger partial charge in [0.2, 0.25) is 10.3 Å². The van der Waals surface area contributed by atoms with E-state index in [1.807, 2.05) is 21.5 Å². The molecule has 0 saturated heterocycles. The van der Waals surface area contributed by atoms with E-state index < -0.39 is 0 Å². The van der Waals surface area contributed by atoms with Crippen LogP contribution in [0.1, 0.15) is 22.3 Å². The Morgan fingerprint density at radius 2 is 1.00 bits per heavy atom. The number of hydrogen-bond acceptors (Lipinski definition) is 8. The molecule has 4 aromatic rings. The lowest BCUT2D eigenvalue weighted by Gasteiger charge is -2.11. The molecule has 2 aromatic heterocycles. The maximum atomic E-state index is 4.21. The zero-order valence-electron chi connectivity index (χ0n) is 17.3. The molecule has 0 spiro atoms. The minimum absolute atomic E-state index is 0.780. The van der Waals surface area contributed by atoms with Crippen LogP contribution in [-0.4, -0.2) is 51.9 Å². The lowest BCUT2D eigenvalue weighted by molar-refractivity contribution is 0.746. The standard InChI is InChI=1S/C20H22N8S2/c1-13-7-5-8-14(2)17(13)27-19(21-23-25-27)29-11-12-30-20-22-24-26-28(20)18-15(3)9-6-10-16(18)4/h5-10H,11-12H2,1-4H3. The van der Waals surface area contributed by atoms with Crippen molar-refractivity contribution in [3.05, 3.63) is 58.7 Å². The Bertz CT molecular complexity index is 1040. The fourth-order valence-corrected chi connectivity index (χ4v) is 5.08. The molecule has 0 saturated carbocycles. The summed E-state index contributed by atoms with van der Waals surface area (Å²) >= 11 is 3.25. The van der Waals surface area contributed by atoms with Gasteiger partial charge in [-0.3, -0.25) is 0 Å². The summed E-state index contributed by atoms with van der Waals surface area (Å²) in [6.07, 6.45) is 0. The van der Waals surface area contributed by atoms with Gasteiger partial charge in [0.1, 0.15) is 0 Å². The topological polar surface area (TPSA) is 87.2 Å². The molecule has 8 nitrogen and oxygen atoms in total. The highest BCUT2D eigenvalue weighted by atomic mass is 32.2. The van der Waals surface area contributed by atoms with Gasteiger partial charge in [-0.2, -0.15) is 9.36 Å². The third-order valence-corrected chi connectivity index (χ3v) is 6.83. The number of aryl methyl sites for hydroxylation is 4. The van der Waals surface area contributed by atoms with E-state index in [-0.39, 0.29) is 0 Å². The first-order chi connectivity index (χ1) is 14.6. The molecular formula is C20H22N8S2. The quantitative estimate of drug-likeness (QED) is 0.318. The van der Waals surface area contributed by atoms with Crippen molar-refractivity contribution in [3.63, 3.8) is 0 Å². The Labute approximate surface area is 183 Å². The van der Waals surface area contributed by atoms with Gasteiger partial charge in [-0.1, -0.05) is 59.9 Å². The zero-order chi connectivity index (χ0) is 21.1. The largest absolute Gasteiger partial charge is 0.214 e. The lowest BCUT2D eigenvalue weighted by atomic mass is 10.1. The lowest BCUT2D eigenvalue weighted by Crippen LogP contribution is -2.05. The van der Waals surface area contributed by atoms with Crippen molar-refractivity contribution in [2.75, 3.05) is 11.5 Å². The molecule has 4 rings (SSSR count). The van der Waals surface area contributed by atoms with E-state index in [4.69, 9.17) is 0 Å². The van der Waals surface area contributed by atoms with Crippen molar-refractivity contribution in [2.45, 2.75) is 38.0 Å². The van der Waals surface area contributed by atoms with Gasteiger partial charge >= 0.3 is 0 Å². The molecule has 0 fully saturated rings. The van der Waals surface area contributed by atoms with Crippen molar-refractivity contribution in [1.29, 1.82) is 0 Å². The molecule has 2 aromatic carbocycles. The summed E-state index contributed by atoms with van der Waals surface area (Å²) in [5.41, 5.74) is 6.66. The van der Waals surface area contributed by atoms with Crippen LogP contribution in [0.3, 0.4) is 0 Å². The van der Waals surface area contributed by atoms with Crippen molar-refractivity contribution >= 4 is 23.5 Å². The molecule has 154 valence electrons. The third-order valence-electron chi connectivity index (χ3n) is 4.73. The van der Waals surface area contributed by atoms with Crippen molar-refractivity contribution in [3.8, 4) is 11.4 Å². The number of para-hydroxylation sites is 2. The molecule has 2 heterocycles. The number of aromatic nitrogens is 8. The van der Waals surface area contributed by atoms with Gasteiger partial charge in [-0.25, -0.2) is 0 Å². The second-order valence-corrected chi connectivity index (χ2v) is 9.05. The SMILES string of the molecule is Cc1cccc(C)c1-n1nnnc1SCCSc1nnnn1-c1c(C)cccc1C. The molecule has 0 bridgehead atoms. The molecule has 0 aliphatic heterocycles. The van der Waals surface area contributed by atoms with Crippen LogP contribution < -0.4 is 0 Å². The molecule has 0 aliphatic rings. The molecular weight excluding hydrogens is 416 g/mol. The molecule has 30 heavy (non-hydrogen) atoms. The van der Waals surface area contributed by atoms with E-state index in [0.717, 1.165) is 55.4 Å². The molecule has 0 radical (unpaired) electrons. The Balaban J connectivity index is 1.44. The first-order valence-corrected chi connectivity index (χ1v) is 11.5. The summed E-state index contributed by atoms with van der Waals surface area (Å²) in [5.74, 6) is 1.66. The van der Waals surface area contributed by atoms with Crippen molar-refractivity contribution in [2.24, 2.45) is 0 Å². The average molecular weight is 439 g/mol. The highest BCUT2D eigenvalue weighted by molar-refractivity contribution is 8.02. The molecule has 0 aliphatic carbocycles. The second-order valence-electron chi connectivity index (χ2n) is 6.92. The Hall–Kier alpha value is -2.72. The summed E-state index contributed by atoms with van der Waals surface area (Å²) in [7, 11) is 0. The minimum Gasteiger partial charge on any atom is -0.187 e. The van der Waals surface area contributed by atoms with E-state index in [1.54, 1.807) is 23.5 Å². The van der Waals surface area contributed by atoms with Crippen LogP contribution in [0.5, 0.6) is 0 Å². The number of thioether (sulfide) groups is 2. The summed E-state index contributed by atoms with van der Waals surface area (Å²) in [6.45, 7) is 8.28. The summed E-state index contributed by atoms with van der Waals surface area (Å²) in [5, 5.41) is 26.1. The van der Waals surface area contributed by atoms with E-state index in [2.05, 4.69) is 83.0 Å². The van der Waals surface area contributed by atoms with Crippen LogP contribution in [0.4, 0.5) is 0 Å². The van der Waals surface area contributed by atoms with Gasteiger partial charge in [0.05, 0.1) is 11.4 Å². The number of tetrazole rings is 2. The third kappa shape index (κ3) is 4.10. The molecule has 0 N–H and O–H groups in total. The zero-order valence-corrected chi connectivity index (χ0v) is 18.9. The van der Waals surface area contributed by atoms with Crippen LogP contribution in [0.25, 0.3) is 11.4 Å². The fourth-order valence-electron chi connectivity index (χ4n) is 3.36. The maximum absolute atomic E-state index is 4.21. The van der Waals surface area contributed by atoms with E-state index >= 15 is 0 Å². The van der Waals surface area contributed by atoms with Crippen LogP contribution in [0.15, 0.2) is 46.7 Å². The highest BCUT2D eigenvalue weighted by Crippen LogP contribution is 2.27. The van der Waals surface area contributed by atoms with Gasteiger partial charge in [-0.15, -0.1) is 10.2 Å². The molecule has 0 atom stereocenters. The normalized spacial score (nSPS) is 11.2. The Morgan fingerprint density at radius 1 is 0.633 bits per heavy atom. The van der Waals surface area contributed by atoms with Crippen LogP contribution in [0.2, 0.25) is 0 Å². The first kappa shape index (κ1) is 20.5. The van der Waals surface area contributed by atoms with Gasteiger partial charge in [0, 0.05) is 11.5 Å². The van der Waals surface area contributed by atoms with Gasteiger partial charge in [0.25, 0.3) is 0 Å². The van der Waals surface area contributed by atoms with Crippen LogP contribution in [0, 0.1) is 27.7 Å². The van der Waals surface area contributed by atoms with E-state index in [9.17, 15) is 0 Å². The minimum atomic E-state index is 0.780.